The molecule has 1 aromatic heterocycles. The smallest absolute Gasteiger partial charge is 0.337 e. The molecule has 0 saturated heterocycles. The number of halogens is 2. The van der Waals surface area contributed by atoms with Crippen LogP contribution in [0.2, 0.25) is 0 Å². The van der Waals surface area contributed by atoms with Gasteiger partial charge in [-0.2, -0.15) is 0 Å². The zero-order valence-corrected chi connectivity index (χ0v) is 13.7. The van der Waals surface area contributed by atoms with Crippen LogP contribution >= 0.6 is 0 Å². The zero-order valence-electron chi connectivity index (χ0n) is 13.7. The molecule has 0 bridgehead atoms. The lowest BCUT2D eigenvalue weighted by atomic mass is 9.93. The number of aromatic carboxylic acids is 1. The number of H-pyrrole nitrogens is 1. The highest BCUT2D eigenvalue weighted by Crippen LogP contribution is 2.34. The van der Waals surface area contributed by atoms with Crippen molar-refractivity contribution in [1.29, 1.82) is 0 Å². The Hall–Kier alpha value is -2.73. The summed E-state index contributed by atoms with van der Waals surface area (Å²) < 4.78 is 29.3. The SMILES string of the molecule is CC(O)C(C)c1ccc(-c2c(F)cc3[nH]cc(C(=O)O)c3c2F)cc1. The Bertz CT molecular complexity index is 945. The Morgan fingerprint density at radius 1 is 1.16 bits per heavy atom. The molecule has 1 heterocycles. The fourth-order valence-corrected chi connectivity index (χ4v) is 2.88. The Morgan fingerprint density at radius 3 is 2.36 bits per heavy atom. The molecule has 0 aliphatic rings. The molecular formula is C19H17F2NO3. The lowest BCUT2D eigenvalue weighted by Gasteiger charge is -2.15. The fourth-order valence-electron chi connectivity index (χ4n) is 2.88. The Balaban J connectivity index is 2.15. The van der Waals surface area contributed by atoms with E-state index in [1.165, 1.54) is 0 Å². The van der Waals surface area contributed by atoms with Gasteiger partial charge in [0.2, 0.25) is 0 Å². The number of hydrogen-bond acceptors (Lipinski definition) is 2. The van der Waals surface area contributed by atoms with Gasteiger partial charge < -0.3 is 15.2 Å². The molecule has 130 valence electrons. The third-order valence-corrected chi connectivity index (χ3v) is 4.54. The molecule has 0 aliphatic heterocycles. The van der Waals surface area contributed by atoms with E-state index in [1.807, 2.05) is 6.92 Å². The van der Waals surface area contributed by atoms with Crippen molar-refractivity contribution in [2.45, 2.75) is 25.9 Å². The van der Waals surface area contributed by atoms with Crippen molar-refractivity contribution in [3.63, 3.8) is 0 Å². The van der Waals surface area contributed by atoms with E-state index in [9.17, 15) is 23.8 Å². The van der Waals surface area contributed by atoms with Gasteiger partial charge in [0.05, 0.1) is 28.1 Å². The van der Waals surface area contributed by atoms with Gasteiger partial charge in [-0.3, -0.25) is 0 Å². The summed E-state index contributed by atoms with van der Waals surface area (Å²) in [6, 6.07) is 7.62. The van der Waals surface area contributed by atoms with Crippen LogP contribution in [0.25, 0.3) is 22.0 Å². The summed E-state index contributed by atoms with van der Waals surface area (Å²) in [5.41, 5.74) is 0.721. The maximum Gasteiger partial charge on any atom is 0.337 e. The average Bonchev–Trinajstić information content (AvgIpc) is 2.99. The van der Waals surface area contributed by atoms with Crippen LogP contribution in [-0.4, -0.2) is 27.3 Å². The second-order valence-electron chi connectivity index (χ2n) is 6.13. The van der Waals surface area contributed by atoms with Gasteiger partial charge >= 0.3 is 5.97 Å². The van der Waals surface area contributed by atoms with Crippen molar-refractivity contribution in [2.24, 2.45) is 0 Å². The van der Waals surface area contributed by atoms with Gasteiger partial charge in [0.1, 0.15) is 11.6 Å². The molecular weight excluding hydrogens is 328 g/mol. The highest BCUT2D eigenvalue weighted by molar-refractivity contribution is 6.04. The van der Waals surface area contributed by atoms with E-state index in [1.54, 1.807) is 31.2 Å². The summed E-state index contributed by atoms with van der Waals surface area (Å²) in [7, 11) is 0. The first-order chi connectivity index (χ1) is 11.8. The van der Waals surface area contributed by atoms with Crippen molar-refractivity contribution < 1.29 is 23.8 Å². The number of aliphatic hydroxyl groups excluding tert-OH is 1. The van der Waals surface area contributed by atoms with Crippen LogP contribution in [0, 0.1) is 11.6 Å². The molecule has 0 saturated carbocycles. The first kappa shape index (κ1) is 17.1. The van der Waals surface area contributed by atoms with Crippen LogP contribution < -0.4 is 0 Å². The van der Waals surface area contributed by atoms with E-state index in [0.717, 1.165) is 17.8 Å². The molecule has 2 atom stereocenters. The topological polar surface area (TPSA) is 73.3 Å². The molecule has 0 aliphatic carbocycles. The monoisotopic (exact) mass is 345 g/mol. The summed E-state index contributed by atoms with van der Waals surface area (Å²) >= 11 is 0. The molecule has 0 radical (unpaired) electrons. The number of aromatic amines is 1. The predicted octanol–water partition coefficient (Wildman–Crippen LogP) is 4.30. The lowest BCUT2D eigenvalue weighted by Crippen LogP contribution is -2.10. The molecule has 25 heavy (non-hydrogen) atoms. The number of fused-ring (bicyclic) bond motifs is 1. The van der Waals surface area contributed by atoms with Crippen LogP contribution in [0.15, 0.2) is 36.5 Å². The van der Waals surface area contributed by atoms with Gasteiger partial charge in [0.25, 0.3) is 0 Å². The number of nitrogens with one attached hydrogen (secondary N) is 1. The van der Waals surface area contributed by atoms with E-state index in [-0.39, 0.29) is 27.9 Å². The summed E-state index contributed by atoms with van der Waals surface area (Å²) in [5, 5.41) is 18.7. The molecule has 2 unspecified atom stereocenters. The quantitative estimate of drug-likeness (QED) is 0.660. The van der Waals surface area contributed by atoms with Crippen LogP contribution in [0.5, 0.6) is 0 Å². The summed E-state index contributed by atoms with van der Waals surface area (Å²) in [4.78, 5) is 13.8. The number of hydrogen-bond donors (Lipinski definition) is 3. The molecule has 3 N–H and O–H groups in total. The molecule has 6 heteroatoms. The maximum absolute atomic E-state index is 14.9. The molecule has 4 nitrogen and oxygen atoms in total. The van der Waals surface area contributed by atoms with Crippen LogP contribution in [0.3, 0.4) is 0 Å². The minimum Gasteiger partial charge on any atom is -0.478 e. The van der Waals surface area contributed by atoms with E-state index in [4.69, 9.17) is 0 Å². The fraction of sp³-hybridized carbons (Fsp3) is 0.211. The Morgan fingerprint density at radius 2 is 1.80 bits per heavy atom. The van der Waals surface area contributed by atoms with Crippen molar-refractivity contribution >= 4 is 16.9 Å². The Kier molecular flexibility index (Phi) is 4.30. The second-order valence-corrected chi connectivity index (χ2v) is 6.13. The van der Waals surface area contributed by atoms with Crippen molar-refractivity contribution in [2.75, 3.05) is 0 Å². The van der Waals surface area contributed by atoms with Crippen LogP contribution in [0.4, 0.5) is 8.78 Å². The first-order valence-corrected chi connectivity index (χ1v) is 7.82. The summed E-state index contributed by atoms with van der Waals surface area (Å²) in [5.74, 6) is -3.09. The second kappa shape index (κ2) is 6.29. The van der Waals surface area contributed by atoms with Gasteiger partial charge in [0.15, 0.2) is 0 Å². The summed E-state index contributed by atoms with van der Waals surface area (Å²) in [6.07, 6.45) is 0.598. The number of rotatable bonds is 4. The van der Waals surface area contributed by atoms with Gasteiger partial charge in [-0.05, 0) is 24.1 Å². The van der Waals surface area contributed by atoms with Crippen LogP contribution in [-0.2, 0) is 0 Å². The number of aromatic nitrogens is 1. The highest BCUT2D eigenvalue weighted by atomic mass is 19.1. The minimum absolute atomic E-state index is 0.0931. The maximum atomic E-state index is 14.9. The number of aliphatic hydroxyl groups is 1. The standard InChI is InChI=1S/C19H17F2NO3/c1-9(10(2)23)11-3-5-12(6-4-11)16-14(20)7-15-17(18(16)21)13(8-22-15)19(24)25/h3-10,22-23H,1-2H3,(H,24,25). The summed E-state index contributed by atoms with van der Waals surface area (Å²) in [6.45, 7) is 3.52. The Labute approximate surface area is 142 Å². The lowest BCUT2D eigenvalue weighted by molar-refractivity contribution is 0.0698. The first-order valence-electron chi connectivity index (χ1n) is 7.82. The third-order valence-electron chi connectivity index (χ3n) is 4.54. The van der Waals surface area contributed by atoms with Crippen molar-refractivity contribution in [1.82, 2.24) is 4.98 Å². The van der Waals surface area contributed by atoms with Crippen LogP contribution in [0.1, 0.15) is 35.7 Å². The number of carboxylic acids is 1. The van der Waals surface area contributed by atoms with E-state index in [0.29, 0.717) is 5.56 Å². The van der Waals surface area contributed by atoms with Crippen molar-refractivity contribution in [3.05, 3.63) is 59.3 Å². The molecule has 3 aromatic rings. The molecule has 0 spiro atoms. The largest absolute Gasteiger partial charge is 0.478 e. The van der Waals surface area contributed by atoms with E-state index >= 15 is 0 Å². The molecule has 3 rings (SSSR count). The minimum atomic E-state index is -1.29. The van der Waals surface area contributed by atoms with E-state index < -0.39 is 23.7 Å². The number of carbonyl (C=O) groups is 1. The molecule has 0 fully saturated rings. The molecule has 0 amide bonds. The normalized spacial score (nSPS) is 13.8. The average molecular weight is 345 g/mol. The predicted molar refractivity (Wildman–Crippen MR) is 90.7 cm³/mol. The number of carboxylic acid groups (broad SMARTS) is 1. The van der Waals surface area contributed by atoms with Crippen molar-refractivity contribution in [3.8, 4) is 11.1 Å². The van der Waals surface area contributed by atoms with Gasteiger partial charge in [-0.1, -0.05) is 31.2 Å². The molecule has 2 aromatic carbocycles. The van der Waals surface area contributed by atoms with Gasteiger partial charge in [-0.25, -0.2) is 13.6 Å². The van der Waals surface area contributed by atoms with Gasteiger partial charge in [-0.15, -0.1) is 0 Å². The zero-order chi connectivity index (χ0) is 18.3. The number of benzene rings is 2. The van der Waals surface area contributed by atoms with Gasteiger partial charge in [0, 0.05) is 12.1 Å². The highest BCUT2D eigenvalue weighted by Gasteiger charge is 2.22. The van der Waals surface area contributed by atoms with E-state index in [2.05, 4.69) is 4.98 Å². The third kappa shape index (κ3) is 2.89.